The molecule has 1 N–H and O–H groups in total. The van der Waals surface area contributed by atoms with E-state index in [0.717, 1.165) is 16.0 Å². The Labute approximate surface area is 245 Å². The Hall–Kier alpha value is -4.76. The number of allylic oxidation sites excluding steroid dienone is 1. The quantitative estimate of drug-likeness (QED) is 0.205. The molecule has 1 aliphatic heterocycles. The van der Waals surface area contributed by atoms with E-state index in [4.69, 9.17) is 14.2 Å². The first-order chi connectivity index (χ1) is 20.2. The van der Waals surface area contributed by atoms with E-state index in [-0.39, 0.29) is 12.3 Å². The molecule has 9 nitrogen and oxygen atoms in total. The van der Waals surface area contributed by atoms with Gasteiger partial charge in [0.15, 0.2) is 24.5 Å². The van der Waals surface area contributed by atoms with Crippen molar-refractivity contribution in [3.05, 3.63) is 119 Å². The third kappa shape index (κ3) is 6.75. The van der Waals surface area contributed by atoms with Crippen LogP contribution in [0.25, 0.3) is 0 Å². The minimum Gasteiger partial charge on any atom is -0.464 e. The van der Waals surface area contributed by atoms with E-state index in [1.54, 1.807) is 51.1 Å². The molecule has 4 rings (SSSR count). The van der Waals surface area contributed by atoms with Crippen LogP contribution in [0.15, 0.2) is 102 Å². The highest BCUT2D eigenvalue weighted by Gasteiger charge is 2.54. The molecule has 1 aliphatic rings. The summed E-state index contributed by atoms with van der Waals surface area (Å²) in [6.07, 6.45) is -3.01. The number of esters is 2. The SMILES string of the molecule is CCOC(=O)[C@H](C)O[C@@H]1[C@@H](NC(=O)c2ccccc2)C(=O)N1C(C(=O)OC(c1ccccc1)c1ccccc1)=C(C)C. The first-order valence-electron chi connectivity index (χ1n) is 13.7. The fourth-order valence-corrected chi connectivity index (χ4v) is 4.60. The van der Waals surface area contributed by atoms with Crippen molar-refractivity contribution in [1.82, 2.24) is 10.2 Å². The van der Waals surface area contributed by atoms with Crippen LogP contribution in [0.2, 0.25) is 0 Å². The first-order valence-corrected chi connectivity index (χ1v) is 13.7. The fraction of sp³-hybridized carbons (Fsp3) is 0.273. The van der Waals surface area contributed by atoms with Crippen LogP contribution in [0.1, 0.15) is 55.3 Å². The van der Waals surface area contributed by atoms with Gasteiger partial charge in [0, 0.05) is 5.56 Å². The summed E-state index contributed by atoms with van der Waals surface area (Å²) in [6, 6.07) is 25.8. The van der Waals surface area contributed by atoms with Crippen molar-refractivity contribution >= 4 is 23.8 Å². The van der Waals surface area contributed by atoms with Crippen LogP contribution in [0.3, 0.4) is 0 Å². The van der Waals surface area contributed by atoms with Gasteiger partial charge in [-0.2, -0.15) is 0 Å². The maximum Gasteiger partial charge on any atom is 0.356 e. The van der Waals surface area contributed by atoms with E-state index in [2.05, 4.69) is 5.32 Å². The summed E-state index contributed by atoms with van der Waals surface area (Å²) in [6.45, 7) is 6.63. The van der Waals surface area contributed by atoms with E-state index in [1.165, 1.54) is 6.92 Å². The predicted molar refractivity (Wildman–Crippen MR) is 155 cm³/mol. The van der Waals surface area contributed by atoms with Crippen LogP contribution in [0.5, 0.6) is 0 Å². The van der Waals surface area contributed by atoms with Crippen LogP contribution in [-0.2, 0) is 28.6 Å². The molecule has 1 heterocycles. The molecular formula is C33H34N2O7. The lowest BCUT2D eigenvalue weighted by Gasteiger charge is -2.47. The number of carbonyl (C=O) groups excluding carboxylic acids is 4. The minimum absolute atomic E-state index is 0.0388. The number of ether oxygens (including phenoxy) is 3. The van der Waals surface area contributed by atoms with Crippen molar-refractivity contribution in [2.75, 3.05) is 6.61 Å². The normalized spacial score (nSPS) is 16.7. The third-order valence-electron chi connectivity index (χ3n) is 6.67. The Balaban J connectivity index is 1.64. The van der Waals surface area contributed by atoms with Crippen molar-refractivity contribution in [2.24, 2.45) is 0 Å². The summed E-state index contributed by atoms with van der Waals surface area (Å²) in [5.74, 6) is -2.48. The van der Waals surface area contributed by atoms with Crippen molar-refractivity contribution in [3.8, 4) is 0 Å². The van der Waals surface area contributed by atoms with Gasteiger partial charge in [-0.15, -0.1) is 0 Å². The molecule has 0 saturated carbocycles. The Morgan fingerprint density at radius 1 is 0.857 bits per heavy atom. The number of rotatable bonds is 11. The number of nitrogens with zero attached hydrogens (tertiary/aromatic N) is 1. The van der Waals surface area contributed by atoms with E-state index >= 15 is 0 Å². The first kappa shape index (κ1) is 30.2. The van der Waals surface area contributed by atoms with Crippen LogP contribution in [0, 0.1) is 0 Å². The monoisotopic (exact) mass is 570 g/mol. The van der Waals surface area contributed by atoms with Gasteiger partial charge in [-0.25, -0.2) is 9.59 Å². The third-order valence-corrected chi connectivity index (χ3v) is 6.67. The highest BCUT2D eigenvalue weighted by molar-refractivity contribution is 6.03. The van der Waals surface area contributed by atoms with Crippen molar-refractivity contribution < 1.29 is 33.4 Å². The lowest BCUT2D eigenvalue weighted by Crippen LogP contribution is -2.72. The standard InChI is InChI=1S/C33H34N2O7/c1-5-40-32(38)22(4)41-31-26(34-29(36)25-19-13-8-14-20-25)30(37)35(31)27(21(2)3)33(39)42-28(23-15-9-6-10-16-23)24-17-11-7-12-18-24/h6-20,22,26,28,31H,5H2,1-4H3,(H,34,36)/t22-,26-,31+/m0/s1. The maximum atomic E-state index is 13.8. The van der Waals surface area contributed by atoms with Gasteiger partial charge >= 0.3 is 11.9 Å². The number of likely N-dealkylation sites (tertiary alicyclic amines) is 1. The van der Waals surface area contributed by atoms with Crippen LogP contribution in [-0.4, -0.2) is 53.6 Å². The highest BCUT2D eigenvalue weighted by atomic mass is 16.6. The molecule has 218 valence electrons. The summed E-state index contributed by atoms with van der Waals surface area (Å²) in [5, 5.41) is 2.68. The average Bonchev–Trinajstić information content (AvgIpc) is 3.01. The number of hydrogen-bond donors (Lipinski definition) is 1. The molecule has 0 aromatic heterocycles. The van der Waals surface area contributed by atoms with E-state index in [9.17, 15) is 19.2 Å². The molecule has 9 heteroatoms. The molecular weight excluding hydrogens is 536 g/mol. The number of amides is 2. The topological polar surface area (TPSA) is 111 Å². The molecule has 3 atom stereocenters. The zero-order chi connectivity index (χ0) is 30.2. The number of β-lactam (4-membered cyclic amide) rings is 1. The fourth-order valence-electron chi connectivity index (χ4n) is 4.60. The molecule has 0 unspecified atom stereocenters. The summed E-state index contributed by atoms with van der Waals surface area (Å²) in [4.78, 5) is 53.9. The van der Waals surface area contributed by atoms with Crippen molar-refractivity contribution in [3.63, 3.8) is 0 Å². The molecule has 0 bridgehead atoms. The Kier molecular flexibility index (Phi) is 9.88. The van der Waals surface area contributed by atoms with Gasteiger partial charge in [-0.3, -0.25) is 14.5 Å². The zero-order valence-electron chi connectivity index (χ0n) is 24.0. The van der Waals surface area contributed by atoms with Gasteiger partial charge in [0.05, 0.1) is 6.61 Å². The molecule has 0 radical (unpaired) electrons. The summed E-state index contributed by atoms with van der Waals surface area (Å²) < 4.78 is 17.1. The van der Waals surface area contributed by atoms with E-state index in [0.29, 0.717) is 11.1 Å². The van der Waals surface area contributed by atoms with Crippen LogP contribution >= 0.6 is 0 Å². The zero-order valence-corrected chi connectivity index (χ0v) is 24.0. The van der Waals surface area contributed by atoms with Gasteiger partial charge in [-0.05, 0) is 56.5 Å². The molecule has 0 aliphatic carbocycles. The predicted octanol–water partition coefficient (Wildman–Crippen LogP) is 4.55. The van der Waals surface area contributed by atoms with Gasteiger partial charge in [0.25, 0.3) is 11.8 Å². The number of nitrogens with one attached hydrogen (secondary N) is 1. The number of benzene rings is 3. The Morgan fingerprint density at radius 2 is 1.38 bits per heavy atom. The summed E-state index contributed by atoms with van der Waals surface area (Å²) >= 11 is 0. The van der Waals surface area contributed by atoms with Gasteiger partial charge < -0.3 is 19.5 Å². The second kappa shape index (κ2) is 13.7. The highest BCUT2D eigenvalue weighted by Crippen LogP contribution is 2.33. The number of carbonyl (C=O) groups is 4. The molecule has 2 amide bonds. The Bertz CT molecular complexity index is 1400. The summed E-state index contributed by atoms with van der Waals surface area (Å²) in [5.41, 5.74) is 2.28. The van der Waals surface area contributed by atoms with Crippen molar-refractivity contribution in [2.45, 2.75) is 52.2 Å². The van der Waals surface area contributed by atoms with Crippen LogP contribution < -0.4 is 5.32 Å². The van der Waals surface area contributed by atoms with E-state index < -0.39 is 48.2 Å². The largest absolute Gasteiger partial charge is 0.464 e. The smallest absolute Gasteiger partial charge is 0.356 e. The molecule has 3 aromatic rings. The second-order valence-electron chi connectivity index (χ2n) is 9.90. The van der Waals surface area contributed by atoms with E-state index in [1.807, 2.05) is 60.7 Å². The Morgan fingerprint density at radius 3 is 1.88 bits per heavy atom. The lowest BCUT2D eigenvalue weighted by molar-refractivity contribution is -0.196. The lowest BCUT2D eigenvalue weighted by atomic mass is 9.99. The van der Waals surface area contributed by atoms with Gasteiger partial charge in [-0.1, -0.05) is 78.9 Å². The molecule has 3 aromatic carbocycles. The molecule has 1 saturated heterocycles. The van der Waals surface area contributed by atoms with Gasteiger partial charge in [0.1, 0.15) is 5.70 Å². The van der Waals surface area contributed by atoms with Gasteiger partial charge in [0.2, 0.25) is 0 Å². The maximum absolute atomic E-state index is 13.8. The van der Waals surface area contributed by atoms with Crippen LogP contribution in [0.4, 0.5) is 0 Å². The summed E-state index contributed by atoms with van der Waals surface area (Å²) in [7, 11) is 0. The number of hydrogen-bond acceptors (Lipinski definition) is 7. The molecule has 42 heavy (non-hydrogen) atoms. The molecule has 1 fully saturated rings. The van der Waals surface area contributed by atoms with Crippen molar-refractivity contribution in [1.29, 1.82) is 0 Å². The average molecular weight is 571 g/mol. The second-order valence-corrected chi connectivity index (χ2v) is 9.90. The minimum atomic E-state index is -1.17. The molecule has 0 spiro atoms.